The number of nitrogens with one attached hydrogen (secondary N) is 1. The minimum atomic E-state index is -5.08. The molecule has 2 heterocycles. The Morgan fingerprint density at radius 3 is 2.46 bits per heavy atom. The Labute approximate surface area is 159 Å². The van der Waals surface area contributed by atoms with Gasteiger partial charge in [-0.05, 0) is 37.5 Å². The summed E-state index contributed by atoms with van der Waals surface area (Å²) in [5, 5.41) is 10.1. The molecule has 3 rings (SSSR count). The average molecular weight is 406 g/mol. The number of carboxylic acid groups (broad SMARTS) is 1. The number of halogens is 4. The van der Waals surface area contributed by atoms with Gasteiger partial charge in [0.1, 0.15) is 12.4 Å². The predicted octanol–water partition coefficient (Wildman–Crippen LogP) is 2.33. The molecular formula is C18H22F4N2O4. The van der Waals surface area contributed by atoms with Crippen LogP contribution in [0.25, 0.3) is 0 Å². The fourth-order valence-corrected chi connectivity index (χ4v) is 3.31. The molecule has 10 heteroatoms. The molecule has 1 atom stereocenters. The number of amides is 1. The van der Waals surface area contributed by atoms with Gasteiger partial charge in [0.05, 0.1) is 11.6 Å². The first-order chi connectivity index (χ1) is 13.0. The smallest absolute Gasteiger partial charge is 0.475 e. The zero-order valence-electron chi connectivity index (χ0n) is 15.3. The third-order valence-electron chi connectivity index (χ3n) is 4.90. The number of likely N-dealkylation sites (tertiary alicyclic amines) is 1. The predicted molar refractivity (Wildman–Crippen MR) is 90.9 cm³/mol. The van der Waals surface area contributed by atoms with Gasteiger partial charge in [-0.3, -0.25) is 9.69 Å². The summed E-state index contributed by atoms with van der Waals surface area (Å²) < 4.78 is 50.8. The number of carboxylic acids is 1. The summed E-state index contributed by atoms with van der Waals surface area (Å²) in [5.41, 5.74) is 0.767. The van der Waals surface area contributed by atoms with E-state index < -0.39 is 12.1 Å². The molecule has 28 heavy (non-hydrogen) atoms. The van der Waals surface area contributed by atoms with Crippen LogP contribution in [0.2, 0.25) is 0 Å². The summed E-state index contributed by atoms with van der Waals surface area (Å²) >= 11 is 0. The van der Waals surface area contributed by atoms with Crippen molar-refractivity contribution in [3.63, 3.8) is 0 Å². The molecule has 2 fully saturated rings. The quantitative estimate of drug-likeness (QED) is 0.738. The van der Waals surface area contributed by atoms with E-state index in [0.29, 0.717) is 0 Å². The number of morpholine rings is 1. The first-order valence-electron chi connectivity index (χ1n) is 8.72. The van der Waals surface area contributed by atoms with Gasteiger partial charge in [0.15, 0.2) is 0 Å². The van der Waals surface area contributed by atoms with Gasteiger partial charge in [-0.2, -0.15) is 13.2 Å². The molecule has 0 aliphatic carbocycles. The van der Waals surface area contributed by atoms with Gasteiger partial charge in [-0.15, -0.1) is 0 Å². The summed E-state index contributed by atoms with van der Waals surface area (Å²) in [6.45, 7) is 4.73. The fourth-order valence-electron chi connectivity index (χ4n) is 3.31. The third kappa shape index (κ3) is 5.90. The van der Waals surface area contributed by atoms with E-state index in [1.807, 2.05) is 13.0 Å². The number of carbonyl (C=O) groups excluding carboxylic acids is 1. The molecule has 1 aromatic rings. The van der Waals surface area contributed by atoms with Gasteiger partial charge < -0.3 is 15.2 Å². The van der Waals surface area contributed by atoms with Crippen molar-refractivity contribution in [1.82, 2.24) is 10.2 Å². The number of carbonyl (C=O) groups is 2. The maximum Gasteiger partial charge on any atom is 0.490 e. The number of aliphatic carboxylic acids is 1. The van der Waals surface area contributed by atoms with Crippen LogP contribution in [-0.4, -0.2) is 59.4 Å². The highest BCUT2D eigenvalue weighted by Gasteiger charge is 2.44. The summed E-state index contributed by atoms with van der Waals surface area (Å²) in [4.78, 5) is 22.6. The van der Waals surface area contributed by atoms with Gasteiger partial charge in [0.25, 0.3) is 0 Å². The normalized spacial score (nSPS) is 22.2. The van der Waals surface area contributed by atoms with Gasteiger partial charge in [0.2, 0.25) is 5.91 Å². The van der Waals surface area contributed by atoms with Crippen LogP contribution in [0.3, 0.4) is 0 Å². The maximum absolute atomic E-state index is 13.2. The SMILES string of the molecule is CC1NC(=O)COC12CCN(Cc1cccc(F)c1)CC2.O=C(O)C(F)(F)F. The third-order valence-corrected chi connectivity index (χ3v) is 4.90. The van der Waals surface area contributed by atoms with Crippen molar-refractivity contribution in [2.45, 2.75) is 44.1 Å². The van der Waals surface area contributed by atoms with E-state index in [9.17, 15) is 22.4 Å². The van der Waals surface area contributed by atoms with Gasteiger partial charge in [-0.1, -0.05) is 12.1 Å². The lowest BCUT2D eigenvalue weighted by Crippen LogP contribution is -2.62. The van der Waals surface area contributed by atoms with E-state index in [2.05, 4.69) is 10.2 Å². The maximum atomic E-state index is 13.2. The van der Waals surface area contributed by atoms with Crippen LogP contribution in [0.4, 0.5) is 17.6 Å². The largest absolute Gasteiger partial charge is 0.490 e. The van der Waals surface area contributed by atoms with Crippen LogP contribution in [-0.2, 0) is 20.9 Å². The Bertz CT molecular complexity index is 703. The number of hydrogen-bond acceptors (Lipinski definition) is 4. The fraction of sp³-hybridized carbons (Fsp3) is 0.556. The van der Waals surface area contributed by atoms with E-state index in [0.717, 1.165) is 38.0 Å². The van der Waals surface area contributed by atoms with Crippen molar-refractivity contribution in [3.8, 4) is 0 Å². The number of ether oxygens (including phenoxy) is 1. The van der Waals surface area contributed by atoms with Crippen LogP contribution in [0.1, 0.15) is 25.3 Å². The van der Waals surface area contributed by atoms with Gasteiger partial charge in [0, 0.05) is 19.6 Å². The highest BCUT2D eigenvalue weighted by molar-refractivity contribution is 5.78. The number of benzene rings is 1. The first kappa shape index (κ1) is 22.1. The molecule has 156 valence electrons. The number of hydrogen-bond donors (Lipinski definition) is 2. The van der Waals surface area contributed by atoms with E-state index in [1.54, 1.807) is 12.1 Å². The molecule has 6 nitrogen and oxygen atoms in total. The van der Waals surface area contributed by atoms with Crippen molar-refractivity contribution in [3.05, 3.63) is 35.6 Å². The molecule has 2 saturated heterocycles. The van der Waals surface area contributed by atoms with Crippen LogP contribution in [0.5, 0.6) is 0 Å². The second kappa shape index (κ2) is 8.87. The first-order valence-corrected chi connectivity index (χ1v) is 8.72. The molecule has 1 spiro atoms. The molecule has 1 amide bonds. The molecule has 0 aromatic heterocycles. The summed E-state index contributed by atoms with van der Waals surface area (Å²) in [6, 6.07) is 6.81. The van der Waals surface area contributed by atoms with E-state index in [-0.39, 0.29) is 30.0 Å². The molecule has 1 aromatic carbocycles. The molecular weight excluding hydrogens is 384 g/mol. The Morgan fingerprint density at radius 1 is 1.36 bits per heavy atom. The van der Waals surface area contributed by atoms with Crippen molar-refractivity contribution in [1.29, 1.82) is 0 Å². The lowest BCUT2D eigenvalue weighted by atomic mass is 9.83. The Morgan fingerprint density at radius 2 is 1.96 bits per heavy atom. The van der Waals surface area contributed by atoms with Crippen LogP contribution in [0, 0.1) is 5.82 Å². The molecule has 0 bridgehead atoms. The second-order valence-electron chi connectivity index (χ2n) is 6.85. The van der Waals surface area contributed by atoms with Crippen LogP contribution < -0.4 is 5.32 Å². The zero-order chi connectivity index (χ0) is 20.9. The highest BCUT2D eigenvalue weighted by Crippen LogP contribution is 2.32. The molecule has 2 aliphatic heterocycles. The molecule has 0 radical (unpaired) electrons. The highest BCUT2D eigenvalue weighted by atomic mass is 19.4. The van der Waals surface area contributed by atoms with E-state index in [1.165, 1.54) is 6.07 Å². The number of piperidine rings is 1. The molecule has 1 unspecified atom stereocenters. The number of rotatable bonds is 2. The van der Waals surface area contributed by atoms with Gasteiger partial charge >= 0.3 is 12.1 Å². The topological polar surface area (TPSA) is 78.9 Å². The zero-order valence-corrected chi connectivity index (χ0v) is 15.3. The lowest BCUT2D eigenvalue weighted by molar-refractivity contribution is -0.192. The summed E-state index contributed by atoms with van der Waals surface area (Å²) in [6.07, 6.45) is -3.30. The van der Waals surface area contributed by atoms with E-state index >= 15 is 0 Å². The Hall–Kier alpha value is -2.20. The standard InChI is InChI=1S/C16H21FN2O2.C2HF3O2/c1-12-16(21-11-15(20)18-12)5-7-19(8-6-16)10-13-3-2-4-14(17)9-13;3-2(4,5)1(6)7/h2-4,9,12H,5-8,10-11H2,1H3,(H,18,20);(H,6,7). The van der Waals surface area contributed by atoms with Crippen molar-refractivity contribution in [2.75, 3.05) is 19.7 Å². The van der Waals surface area contributed by atoms with Crippen molar-refractivity contribution < 1.29 is 37.0 Å². The molecule has 0 saturated carbocycles. The summed E-state index contributed by atoms with van der Waals surface area (Å²) in [5.74, 6) is -2.98. The molecule has 2 aliphatic rings. The van der Waals surface area contributed by atoms with Gasteiger partial charge in [-0.25, -0.2) is 9.18 Å². The second-order valence-corrected chi connectivity index (χ2v) is 6.85. The number of alkyl halides is 3. The minimum Gasteiger partial charge on any atom is -0.475 e. The average Bonchev–Trinajstić information content (AvgIpc) is 2.60. The van der Waals surface area contributed by atoms with Crippen molar-refractivity contribution in [2.24, 2.45) is 0 Å². The lowest BCUT2D eigenvalue weighted by Gasteiger charge is -2.47. The summed E-state index contributed by atoms with van der Waals surface area (Å²) in [7, 11) is 0. The Kier molecular flexibility index (Phi) is 7.00. The Balaban J connectivity index is 0.000000345. The van der Waals surface area contributed by atoms with E-state index in [4.69, 9.17) is 14.6 Å². The number of nitrogens with zero attached hydrogens (tertiary/aromatic N) is 1. The molecule has 2 N–H and O–H groups in total. The van der Waals surface area contributed by atoms with Crippen molar-refractivity contribution >= 4 is 11.9 Å². The minimum absolute atomic E-state index is 0.0321. The van der Waals surface area contributed by atoms with Crippen LogP contribution >= 0.6 is 0 Å². The monoisotopic (exact) mass is 406 g/mol. The van der Waals surface area contributed by atoms with Crippen LogP contribution in [0.15, 0.2) is 24.3 Å².